The van der Waals surface area contributed by atoms with E-state index in [1.807, 2.05) is 26.8 Å². The molecule has 124 valence electrons. The highest BCUT2D eigenvalue weighted by molar-refractivity contribution is 5.94. The Hall–Kier alpha value is -2.57. The zero-order valence-corrected chi connectivity index (χ0v) is 13.5. The Morgan fingerprint density at radius 1 is 1.35 bits per heavy atom. The molecule has 0 fully saturated rings. The first-order valence-corrected chi connectivity index (χ1v) is 7.55. The number of furan rings is 1. The van der Waals surface area contributed by atoms with Crippen molar-refractivity contribution in [3.05, 3.63) is 29.7 Å². The summed E-state index contributed by atoms with van der Waals surface area (Å²) in [7, 11) is 0. The Morgan fingerprint density at radius 3 is 2.57 bits per heavy atom. The van der Waals surface area contributed by atoms with Gasteiger partial charge in [0.1, 0.15) is 11.5 Å². The van der Waals surface area contributed by atoms with Gasteiger partial charge in [0.05, 0.1) is 12.0 Å². The first-order chi connectivity index (χ1) is 10.9. The smallest absolute Gasteiger partial charge is 0.305 e. The molecule has 23 heavy (non-hydrogen) atoms. The SMILES string of the molecule is CCC(CC)(CC(=O)O)NC(=O)c1cc(-c2ccc(C)o2)[nH]n1. The van der Waals surface area contributed by atoms with Crippen molar-refractivity contribution in [1.82, 2.24) is 15.5 Å². The molecule has 0 aliphatic carbocycles. The molecule has 1 amide bonds. The summed E-state index contributed by atoms with van der Waals surface area (Å²) in [5.74, 6) is 0.0124. The van der Waals surface area contributed by atoms with Gasteiger partial charge in [-0.1, -0.05) is 13.8 Å². The summed E-state index contributed by atoms with van der Waals surface area (Å²) >= 11 is 0. The number of aromatic amines is 1. The molecule has 0 aromatic carbocycles. The van der Waals surface area contributed by atoms with Gasteiger partial charge in [-0.05, 0) is 31.9 Å². The highest BCUT2D eigenvalue weighted by Gasteiger charge is 2.32. The number of hydrogen-bond donors (Lipinski definition) is 3. The van der Waals surface area contributed by atoms with Gasteiger partial charge >= 0.3 is 5.97 Å². The number of aryl methyl sites for hydroxylation is 1. The van der Waals surface area contributed by atoms with Crippen LogP contribution in [0.1, 0.15) is 49.4 Å². The Kier molecular flexibility index (Phi) is 4.88. The molecule has 0 radical (unpaired) electrons. The van der Waals surface area contributed by atoms with Crippen molar-refractivity contribution in [2.45, 2.75) is 45.6 Å². The maximum atomic E-state index is 12.4. The first kappa shape index (κ1) is 16.8. The van der Waals surface area contributed by atoms with E-state index in [2.05, 4.69) is 15.5 Å². The molecule has 0 saturated heterocycles. The molecule has 3 N–H and O–H groups in total. The van der Waals surface area contributed by atoms with Gasteiger partial charge < -0.3 is 14.8 Å². The van der Waals surface area contributed by atoms with Crippen molar-refractivity contribution >= 4 is 11.9 Å². The second-order valence-corrected chi connectivity index (χ2v) is 5.59. The second-order valence-electron chi connectivity index (χ2n) is 5.59. The zero-order valence-electron chi connectivity index (χ0n) is 13.5. The lowest BCUT2D eigenvalue weighted by Gasteiger charge is -2.31. The Bertz CT molecular complexity index is 698. The van der Waals surface area contributed by atoms with E-state index in [-0.39, 0.29) is 12.1 Å². The Balaban J connectivity index is 2.17. The summed E-state index contributed by atoms with van der Waals surface area (Å²) in [6, 6.07) is 5.20. The van der Waals surface area contributed by atoms with Crippen molar-refractivity contribution in [3.63, 3.8) is 0 Å². The molecule has 0 aliphatic rings. The monoisotopic (exact) mass is 319 g/mol. The van der Waals surface area contributed by atoms with E-state index in [0.29, 0.717) is 24.3 Å². The topological polar surface area (TPSA) is 108 Å². The van der Waals surface area contributed by atoms with Crippen molar-refractivity contribution < 1.29 is 19.1 Å². The standard InChI is InChI=1S/C16H21N3O4/c1-4-16(5-2,9-14(20)21)17-15(22)12-8-11(18-19-12)13-7-6-10(3)23-13/h6-8H,4-5,9H2,1-3H3,(H,17,22)(H,18,19)(H,20,21). The minimum Gasteiger partial charge on any atom is -0.481 e. The maximum absolute atomic E-state index is 12.4. The number of aliphatic carboxylic acids is 1. The number of amides is 1. The lowest BCUT2D eigenvalue weighted by molar-refractivity contribution is -0.138. The molecule has 0 saturated carbocycles. The van der Waals surface area contributed by atoms with Crippen molar-refractivity contribution in [3.8, 4) is 11.5 Å². The largest absolute Gasteiger partial charge is 0.481 e. The average molecular weight is 319 g/mol. The molecule has 2 aromatic heterocycles. The van der Waals surface area contributed by atoms with E-state index in [1.54, 1.807) is 12.1 Å². The summed E-state index contributed by atoms with van der Waals surface area (Å²) in [6.07, 6.45) is 0.923. The Morgan fingerprint density at radius 2 is 2.04 bits per heavy atom. The fourth-order valence-electron chi connectivity index (χ4n) is 2.46. The molecule has 2 rings (SSSR count). The summed E-state index contributed by atoms with van der Waals surface area (Å²) < 4.78 is 5.48. The molecule has 0 bridgehead atoms. The van der Waals surface area contributed by atoms with Gasteiger partial charge in [0.15, 0.2) is 11.5 Å². The third kappa shape index (κ3) is 3.80. The zero-order chi connectivity index (χ0) is 17.0. The van der Waals surface area contributed by atoms with Crippen LogP contribution >= 0.6 is 0 Å². The molecular formula is C16H21N3O4. The van der Waals surface area contributed by atoms with Crippen LogP contribution in [0.5, 0.6) is 0 Å². The summed E-state index contributed by atoms with van der Waals surface area (Å²) in [5, 5.41) is 18.6. The van der Waals surface area contributed by atoms with Gasteiger partial charge in [-0.15, -0.1) is 0 Å². The highest BCUT2D eigenvalue weighted by Crippen LogP contribution is 2.23. The van der Waals surface area contributed by atoms with E-state index < -0.39 is 17.4 Å². The molecule has 2 aromatic rings. The fourth-order valence-corrected chi connectivity index (χ4v) is 2.46. The number of carboxylic acid groups (broad SMARTS) is 1. The third-order valence-corrected chi connectivity index (χ3v) is 4.04. The van der Waals surface area contributed by atoms with E-state index in [0.717, 1.165) is 5.76 Å². The van der Waals surface area contributed by atoms with Crippen LogP contribution in [-0.2, 0) is 4.79 Å². The van der Waals surface area contributed by atoms with Gasteiger partial charge in [-0.3, -0.25) is 14.7 Å². The van der Waals surface area contributed by atoms with Gasteiger partial charge in [0.25, 0.3) is 5.91 Å². The number of hydrogen-bond acceptors (Lipinski definition) is 4. The van der Waals surface area contributed by atoms with Crippen LogP contribution in [0.15, 0.2) is 22.6 Å². The molecule has 2 heterocycles. The van der Waals surface area contributed by atoms with E-state index >= 15 is 0 Å². The van der Waals surface area contributed by atoms with Gasteiger partial charge in [-0.25, -0.2) is 0 Å². The number of carbonyl (C=O) groups is 2. The van der Waals surface area contributed by atoms with Crippen molar-refractivity contribution in [1.29, 1.82) is 0 Å². The predicted molar refractivity (Wildman–Crippen MR) is 84.1 cm³/mol. The number of carbonyl (C=O) groups excluding carboxylic acids is 1. The van der Waals surface area contributed by atoms with Crippen molar-refractivity contribution in [2.75, 3.05) is 0 Å². The lowest BCUT2D eigenvalue weighted by atomic mass is 9.89. The number of H-pyrrole nitrogens is 1. The molecule has 0 spiro atoms. The summed E-state index contributed by atoms with van der Waals surface area (Å²) in [5.41, 5.74) is 0.0225. The number of aromatic nitrogens is 2. The lowest BCUT2D eigenvalue weighted by Crippen LogP contribution is -2.49. The molecule has 7 nitrogen and oxygen atoms in total. The van der Waals surface area contributed by atoms with E-state index in [9.17, 15) is 9.59 Å². The molecule has 0 atom stereocenters. The van der Waals surface area contributed by atoms with Gasteiger partial charge in [-0.2, -0.15) is 5.10 Å². The van der Waals surface area contributed by atoms with Gasteiger partial charge in [0, 0.05) is 6.07 Å². The van der Waals surface area contributed by atoms with Crippen LogP contribution < -0.4 is 5.32 Å². The maximum Gasteiger partial charge on any atom is 0.305 e. The third-order valence-electron chi connectivity index (χ3n) is 4.04. The van der Waals surface area contributed by atoms with Crippen LogP contribution in [0.2, 0.25) is 0 Å². The number of nitrogens with zero attached hydrogens (tertiary/aromatic N) is 1. The highest BCUT2D eigenvalue weighted by atomic mass is 16.4. The van der Waals surface area contributed by atoms with Crippen LogP contribution in [-0.4, -0.2) is 32.7 Å². The van der Waals surface area contributed by atoms with Crippen LogP contribution in [0.4, 0.5) is 0 Å². The minimum absolute atomic E-state index is 0.125. The molecule has 0 aliphatic heterocycles. The van der Waals surface area contributed by atoms with Crippen LogP contribution in [0.25, 0.3) is 11.5 Å². The molecule has 0 unspecified atom stereocenters. The van der Waals surface area contributed by atoms with Crippen LogP contribution in [0.3, 0.4) is 0 Å². The summed E-state index contributed by atoms with van der Waals surface area (Å²) in [6.45, 7) is 5.54. The summed E-state index contributed by atoms with van der Waals surface area (Å²) in [4.78, 5) is 23.4. The average Bonchev–Trinajstić information content (AvgIpc) is 3.14. The second kappa shape index (κ2) is 6.68. The molecule has 7 heteroatoms. The first-order valence-electron chi connectivity index (χ1n) is 7.55. The minimum atomic E-state index is -0.942. The van der Waals surface area contributed by atoms with E-state index in [4.69, 9.17) is 9.52 Å². The quantitative estimate of drug-likeness (QED) is 0.727. The fraction of sp³-hybridized carbons (Fsp3) is 0.438. The van der Waals surface area contributed by atoms with Crippen LogP contribution in [0, 0.1) is 6.92 Å². The number of rotatable bonds is 7. The normalized spacial score (nSPS) is 11.4. The number of nitrogens with one attached hydrogen (secondary N) is 2. The predicted octanol–water partition coefficient (Wildman–Crippen LogP) is 2.74. The van der Waals surface area contributed by atoms with E-state index in [1.165, 1.54) is 0 Å². The van der Waals surface area contributed by atoms with Crippen molar-refractivity contribution in [2.24, 2.45) is 0 Å². The Labute approximate surface area is 134 Å². The molecular weight excluding hydrogens is 298 g/mol. The number of carboxylic acids is 1. The van der Waals surface area contributed by atoms with Gasteiger partial charge in [0.2, 0.25) is 0 Å².